The molecule has 0 saturated carbocycles. The molecule has 0 N–H and O–H groups in total. The van der Waals surface area contributed by atoms with Gasteiger partial charge in [-0.05, 0) is 238 Å². The minimum absolute atomic E-state index is 0.198. The smallest absolute Gasteiger partial charge is 0.0546 e. The van der Waals surface area contributed by atoms with Crippen LogP contribution in [0.4, 0.5) is 34.1 Å². The van der Waals surface area contributed by atoms with Crippen LogP contribution in [-0.2, 0) is 16.2 Å². The van der Waals surface area contributed by atoms with Gasteiger partial charge in [-0.25, -0.2) is 0 Å². The fourth-order valence-corrected chi connectivity index (χ4v) is 19.0. The van der Waals surface area contributed by atoms with Crippen molar-refractivity contribution >= 4 is 123 Å². The minimum atomic E-state index is -0.266. The Morgan fingerprint density at radius 3 is 0.829 bits per heavy atom. The number of hydrogen-bond acceptors (Lipinski definition) is 2. The fourth-order valence-electron chi connectivity index (χ4n) is 19.0. The van der Waals surface area contributed by atoms with Crippen LogP contribution in [0.5, 0.6) is 0 Å². The lowest BCUT2D eigenvalue weighted by Gasteiger charge is -2.30. The molecule has 0 heterocycles. The van der Waals surface area contributed by atoms with E-state index in [0.717, 1.165) is 34.1 Å². The second kappa shape index (κ2) is 25.4. The minimum Gasteiger partial charge on any atom is -0.310 e. The van der Waals surface area contributed by atoms with Gasteiger partial charge in [0.1, 0.15) is 0 Å². The van der Waals surface area contributed by atoms with Crippen molar-refractivity contribution < 1.29 is 0 Å². The first-order valence-corrected chi connectivity index (χ1v) is 39.1. The number of anilines is 6. The van der Waals surface area contributed by atoms with Gasteiger partial charge in [0.15, 0.2) is 0 Å². The highest BCUT2D eigenvalue weighted by molar-refractivity contribution is 6.16. The Morgan fingerprint density at radius 2 is 0.468 bits per heavy atom. The van der Waals surface area contributed by atoms with Crippen LogP contribution in [0, 0.1) is 0 Å². The average Bonchev–Trinajstić information content (AvgIpc) is 1.62. The molecule has 0 bridgehead atoms. The van der Waals surface area contributed by atoms with Crippen LogP contribution in [0.1, 0.15) is 97.2 Å². The summed E-state index contributed by atoms with van der Waals surface area (Å²) in [7, 11) is 0. The Hall–Kier alpha value is -13.4. The molecular formula is C109H80N2. The van der Waals surface area contributed by atoms with Gasteiger partial charge < -0.3 is 9.80 Å². The van der Waals surface area contributed by atoms with E-state index >= 15 is 0 Å². The predicted molar refractivity (Wildman–Crippen MR) is 475 cm³/mol. The predicted octanol–water partition coefficient (Wildman–Crippen LogP) is 30.1. The number of hydrogen-bond donors (Lipinski definition) is 0. The summed E-state index contributed by atoms with van der Waals surface area (Å²) in [4.78, 5) is 5.00. The van der Waals surface area contributed by atoms with Crippen LogP contribution >= 0.6 is 0 Å². The monoisotopic (exact) mass is 1420 g/mol. The first-order chi connectivity index (χ1) is 54.2. The Morgan fingerprint density at radius 1 is 0.189 bits per heavy atom. The van der Waals surface area contributed by atoms with Crippen molar-refractivity contribution in [3.63, 3.8) is 0 Å². The van der Waals surface area contributed by atoms with Gasteiger partial charge in [-0.2, -0.15) is 0 Å². The van der Waals surface area contributed by atoms with Crippen molar-refractivity contribution in [3.8, 4) is 55.6 Å². The molecule has 2 nitrogen and oxygen atoms in total. The SMILES string of the molecule is CC1(C)c2cc(/C=C/c3ccc4c(c3)C(C)(C)c3cc(N(c5cccc(-c6ccc7ccccc7c6)c5)c5cc6ccccc6c6ccccc56)ccc3-4)ccc2-c2ccc(/C=C/c3ccc4c(c3)C(C)(C)c3cc(N(c5cccc(-c6ccc7ccccc7c6)c5)c5cc6ccccc6c6ccccc56)ccc3-4)cc21. The standard InChI is InChI=1S/C109H80N2/c1-107(2)99-57-69(37-39-71-43-53-93-95-55-49-85(67-103(95)108(3,4)101(93)59-71)110(105-65-81-25-11-13-31-87(81)89-33-15-17-35-97(89)105)83-29-19-27-77(63-83)79-47-45-73-21-7-9-23-75(73)61-79)41-51-91(99)92-52-42-70(58-100(92)107)38-40-72-44-54-94-96-56-50-86(68-104(96)109(5,6)102(94)60-72)111(106-66-82-26-12-14-32-88(82)90-34-16-18-36-98(90)106)84-30-20-28-78(64-84)80-48-46-74-22-8-10-24-76(74)62-80/h7-68H,1-6H3/b39-37+,40-38+. The first kappa shape index (κ1) is 65.9. The molecule has 111 heavy (non-hydrogen) atoms. The fraction of sp³-hybridized carbons (Fsp3) is 0.0826. The summed E-state index contributed by atoms with van der Waals surface area (Å²) >= 11 is 0. The number of benzene rings is 18. The lowest BCUT2D eigenvalue weighted by atomic mass is 9.81. The van der Waals surface area contributed by atoms with E-state index in [4.69, 9.17) is 0 Å². The second-order valence-electron chi connectivity index (χ2n) is 32.4. The highest BCUT2D eigenvalue weighted by Gasteiger charge is 2.39. The van der Waals surface area contributed by atoms with E-state index in [9.17, 15) is 0 Å². The Kier molecular flexibility index (Phi) is 15.0. The summed E-state index contributed by atoms with van der Waals surface area (Å²) in [6, 6.07) is 132. The molecule has 0 saturated heterocycles. The molecular weight excluding hydrogens is 1340 g/mol. The van der Waals surface area contributed by atoms with E-state index in [0.29, 0.717) is 0 Å². The normalized spacial score (nSPS) is 14.0. The number of fused-ring (bicyclic) bond motifs is 17. The third-order valence-electron chi connectivity index (χ3n) is 24.9. The topological polar surface area (TPSA) is 6.48 Å². The lowest BCUT2D eigenvalue weighted by molar-refractivity contribution is 0.660. The molecule has 3 aliphatic rings. The van der Waals surface area contributed by atoms with Crippen molar-refractivity contribution in [2.75, 3.05) is 9.80 Å². The van der Waals surface area contributed by atoms with E-state index in [-0.39, 0.29) is 16.2 Å². The van der Waals surface area contributed by atoms with Crippen LogP contribution in [0.15, 0.2) is 352 Å². The van der Waals surface area contributed by atoms with Gasteiger partial charge in [0.05, 0.1) is 11.4 Å². The van der Waals surface area contributed by atoms with Crippen LogP contribution in [0.25, 0.3) is 145 Å². The van der Waals surface area contributed by atoms with E-state index in [1.54, 1.807) is 0 Å². The lowest BCUT2D eigenvalue weighted by Crippen LogP contribution is -2.17. The molecule has 21 rings (SSSR count). The largest absolute Gasteiger partial charge is 0.310 e. The third kappa shape index (κ3) is 10.8. The van der Waals surface area contributed by atoms with Crippen molar-refractivity contribution in [3.05, 3.63) is 407 Å². The number of rotatable bonds is 12. The maximum absolute atomic E-state index is 2.50. The molecule has 2 heteroatoms. The molecule has 0 aromatic heterocycles. The summed E-state index contributed by atoms with van der Waals surface area (Å²) in [6.07, 6.45) is 9.25. The molecule has 0 atom stereocenters. The van der Waals surface area contributed by atoms with E-state index in [2.05, 4.69) is 427 Å². The first-order valence-electron chi connectivity index (χ1n) is 39.1. The molecule has 0 fully saturated rings. The van der Waals surface area contributed by atoms with Gasteiger partial charge in [0.2, 0.25) is 0 Å². The van der Waals surface area contributed by atoms with Gasteiger partial charge >= 0.3 is 0 Å². The van der Waals surface area contributed by atoms with Crippen LogP contribution in [0.2, 0.25) is 0 Å². The number of nitrogens with zero attached hydrogens (tertiary/aromatic N) is 2. The van der Waals surface area contributed by atoms with Gasteiger partial charge in [-0.1, -0.05) is 345 Å². The van der Waals surface area contributed by atoms with Crippen molar-refractivity contribution in [2.45, 2.75) is 57.8 Å². The van der Waals surface area contributed by atoms with Crippen molar-refractivity contribution in [1.82, 2.24) is 0 Å². The summed E-state index contributed by atoms with van der Waals surface area (Å²) < 4.78 is 0. The quantitative estimate of drug-likeness (QED) is 0.0888. The van der Waals surface area contributed by atoms with Crippen molar-refractivity contribution in [1.29, 1.82) is 0 Å². The Bertz CT molecular complexity index is 6590. The zero-order valence-electron chi connectivity index (χ0n) is 63.2. The average molecular weight is 1420 g/mol. The van der Waals surface area contributed by atoms with E-state index in [1.165, 1.54) is 176 Å². The maximum Gasteiger partial charge on any atom is 0.0546 e. The molecule has 3 aliphatic carbocycles. The van der Waals surface area contributed by atoms with Crippen LogP contribution in [-0.4, -0.2) is 0 Å². The maximum atomic E-state index is 2.50. The zero-order chi connectivity index (χ0) is 74.4. The summed E-state index contributed by atoms with van der Waals surface area (Å²) in [5.41, 5.74) is 31.5. The van der Waals surface area contributed by atoms with Gasteiger partial charge in [-0.15, -0.1) is 0 Å². The molecule has 0 radical (unpaired) electrons. The molecule has 0 aliphatic heterocycles. The van der Waals surface area contributed by atoms with Gasteiger partial charge in [-0.3, -0.25) is 0 Å². The van der Waals surface area contributed by atoms with E-state index < -0.39 is 0 Å². The molecule has 526 valence electrons. The van der Waals surface area contributed by atoms with Crippen molar-refractivity contribution in [2.24, 2.45) is 0 Å². The summed E-state index contributed by atoms with van der Waals surface area (Å²) in [5, 5.41) is 14.8. The molecule has 0 spiro atoms. The Balaban J connectivity index is 0.551. The van der Waals surface area contributed by atoms with E-state index in [1.807, 2.05) is 0 Å². The summed E-state index contributed by atoms with van der Waals surface area (Å²) in [6.45, 7) is 14.4. The summed E-state index contributed by atoms with van der Waals surface area (Å²) in [5.74, 6) is 0. The van der Waals surface area contributed by atoms with Gasteiger partial charge in [0, 0.05) is 49.8 Å². The van der Waals surface area contributed by atoms with Gasteiger partial charge in [0.25, 0.3) is 0 Å². The molecule has 18 aromatic rings. The van der Waals surface area contributed by atoms with Crippen LogP contribution in [0.3, 0.4) is 0 Å². The highest BCUT2D eigenvalue weighted by Crippen LogP contribution is 2.56. The molecule has 0 unspecified atom stereocenters. The molecule has 18 aromatic carbocycles. The third-order valence-corrected chi connectivity index (χ3v) is 24.9. The molecule has 0 amide bonds. The van der Waals surface area contributed by atoms with Crippen LogP contribution < -0.4 is 9.80 Å². The second-order valence-corrected chi connectivity index (χ2v) is 32.4. The Labute approximate surface area is 649 Å². The zero-order valence-corrected chi connectivity index (χ0v) is 63.2. The highest BCUT2D eigenvalue weighted by atomic mass is 15.2.